The molecule has 0 saturated heterocycles. The van der Waals surface area contributed by atoms with E-state index in [1.807, 2.05) is 0 Å². The highest BCUT2D eigenvalue weighted by Gasteiger charge is 2.20. The number of benzene rings is 10. The van der Waals surface area contributed by atoms with Crippen molar-refractivity contribution in [2.24, 2.45) is 0 Å². The Kier molecular flexibility index (Phi) is 7.26. The van der Waals surface area contributed by atoms with Crippen LogP contribution in [-0.2, 0) is 0 Å². The van der Waals surface area contributed by atoms with E-state index in [2.05, 4.69) is 228 Å². The average molecular weight is 737 g/mol. The molecule has 0 spiro atoms. The largest absolute Gasteiger partial charge is 0.309 e. The Labute approximate surface area is 336 Å². The Morgan fingerprint density at radius 1 is 0.207 bits per heavy atom. The number of hydrogen-bond acceptors (Lipinski definition) is 0. The van der Waals surface area contributed by atoms with Crippen LogP contribution in [-0.4, -0.2) is 9.13 Å². The lowest BCUT2D eigenvalue weighted by atomic mass is 9.92. The molecule has 270 valence electrons. The van der Waals surface area contributed by atoms with Crippen LogP contribution in [0.1, 0.15) is 0 Å². The van der Waals surface area contributed by atoms with E-state index in [-0.39, 0.29) is 0 Å². The van der Waals surface area contributed by atoms with Crippen molar-refractivity contribution in [3.63, 3.8) is 0 Å². The molecule has 0 aliphatic heterocycles. The summed E-state index contributed by atoms with van der Waals surface area (Å²) in [7, 11) is 0. The van der Waals surface area contributed by atoms with Crippen LogP contribution in [0.3, 0.4) is 0 Å². The summed E-state index contributed by atoms with van der Waals surface area (Å²) < 4.78 is 4.91. The number of hydrogen-bond donors (Lipinski definition) is 0. The fourth-order valence-corrected chi connectivity index (χ4v) is 9.51. The predicted molar refractivity (Wildman–Crippen MR) is 246 cm³/mol. The first kappa shape index (κ1) is 32.6. The van der Waals surface area contributed by atoms with Crippen LogP contribution < -0.4 is 0 Å². The SMILES string of the molecule is c1ccc(-c2ccc3c(c2)c2ccccc2n3-c2ccc(-c3ccc(-n4c5ccccc5c5cc(-c6ccccc6)ccc54)c4ccccc34)c3ccccc23)cc1. The summed E-state index contributed by atoms with van der Waals surface area (Å²) in [5.41, 5.74) is 14.5. The Morgan fingerprint density at radius 3 is 0.983 bits per heavy atom. The molecule has 0 atom stereocenters. The van der Waals surface area contributed by atoms with Crippen LogP contribution in [0.2, 0.25) is 0 Å². The van der Waals surface area contributed by atoms with Crippen molar-refractivity contribution in [2.75, 3.05) is 0 Å². The number of aromatic nitrogens is 2. The van der Waals surface area contributed by atoms with E-state index < -0.39 is 0 Å². The third-order valence-electron chi connectivity index (χ3n) is 12.1. The molecule has 12 rings (SSSR count). The molecule has 10 aromatic carbocycles. The molecule has 0 aliphatic carbocycles. The maximum absolute atomic E-state index is 2.46. The number of nitrogens with zero attached hydrogens (tertiary/aromatic N) is 2. The van der Waals surface area contributed by atoms with Crippen molar-refractivity contribution in [1.82, 2.24) is 9.13 Å². The molecule has 2 aromatic heterocycles. The predicted octanol–water partition coefficient (Wildman–Crippen LogP) is 15.2. The third kappa shape index (κ3) is 4.92. The van der Waals surface area contributed by atoms with Crippen molar-refractivity contribution < 1.29 is 0 Å². The molecule has 0 aliphatic rings. The highest BCUT2D eigenvalue weighted by molar-refractivity contribution is 6.15. The minimum Gasteiger partial charge on any atom is -0.309 e. The quantitative estimate of drug-likeness (QED) is 0.167. The molecule has 0 fully saturated rings. The van der Waals surface area contributed by atoms with Crippen molar-refractivity contribution in [3.8, 4) is 44.8 Å². The van der Waals surface area contributed by atoms with Crippen molar-refractivity contribution in [2.45, 2.75) is 0 Å². The fraction of sp³-hybridized carbons (Fsp3) is 0. The van der Waals surface area contributed by atoms with Crippen LogP contribution in [0.5, 0.6) is 0 Å². The van der Waals surface area contributed by atoms with Gasteiger partial charge in [0.25, 0.3) is 0 Å². The Morgan fingerprint density at radius 2 is 0.552 bits per heavy atom. The second-order valence-electron chi connectivity index (χ2n) is 15.3. The molecule has 0 amide bonds. The van der Waals surface area contributed by atoms with Gasteiger partial charge < -0.3 is 9.13 Å². The zero-order valence-electron chi connectivity index (χ0n) is 31.7. The van der Waals surface area contributed by atoms with Gasteiger partial charge in [-0.05, 0) is 92.7 Å². The summed E-state index contributed by atoms with van der Waals surface area (Å²) in [6.45, 7) is 0. The van der Waals surface area contributed by atoms with E-state index in [4.69, 9.17) is 0 Å². The van der Waals surface area contributed by atoms with Gasteiger partial charge in [0, 0.05) is 32.3 Å². The summed E-state index contributed by atoms with van der Waals surface area (Å²) in [6, 6.07) is 79.9. The van der Waals surface area contributed by atoms with Gasteiger partial charge >= 0.3 is 0 Å². The monoisotopic (exact) mass is 736 g/mol. The van der Waals surface area contributed by atoms with Gasteiger partial charge in [-0.1, -0.05) is 170 Å². The van der Waals surface area contributed by atoms with E-state index in [9.17, 15) is 0 Å². The van der Waals surface area contributed by atoms with Crippen LogP contribution >= 0.6 is 0 Å². The third-order valence-corrected chi connectivity index (χ3v) is 12.1. The number of rotatable bonds is 5. The van der Waals surface area contributed by atoms with Gasteiger partial charge in [-0.2, -0.15) is 0 Å². The summed E-state index contributed by atoms with van der Waals surface area (Å²) in [5, 5.41) is 9.93. The fourth-order valence-electron chi connectivity index (χ4n) is 9.51. The molecule has 58 heavy (non-hydrogen) atoms. The van der Waals surface area contributed by atoms with Gasteiger partial charge in [-0.3, -0.25) is 0 Å². The lowest BCUT2D eigenvalue weighted by molar-refractivity contribution is 1.20. The molecule has 0 radical (unpaired) electrons. The molecule has 0 saturated carbocycles. The molecular weight excluding hydrogens is 701 g/mol. The van der Waals surface area contributed by atoms with Gasteiger partial charge in [0.05, 0.1) is 33.4 Å². The molecule has 0 bridgehead atoms. The average Bonchev–Trinajstić information content (AvgIpc) is 3.81. The lowest BCUT2D eigenvalue weighted by Crippen LogP contribution is -1.98. The highest BCUT2D eigenvalue weighted by Crippen LogP contribution is 2.43. The summed E-state index contributed by atoms with van der Waals surface area (Å²) in [4.78, 5) is 0. The normalized spacial score (nSPS) is 11.8. The van der Waals surface area contributed by atoms with E-state index in [1.165, 1.54) is 110 Å². The van der Waals surface area contributed by atoms with Crippen molar-refractivity contribution >= 4 is 65.2 Å². The molecule has 2 heteroatoms. The zero-order chi connectivity index (χ0) is 38.2. The molecule has 12 aromatic rings. The summed E-state index contributed by atoms with van der Waals surface area (Å²) in [6.07, 6.45) is 0. The van der Waals surface area contributed by atoms with Gasteiger partial charge in [0.1, 0.15) is 0 Å². The number of fused-ring (bicyclic) bond motifs is 8. The molecule has 2 heterocycles. The van der Waals surface area contributed by atoms with Crippen LogP contribution in [0.4, 0.5) is 0 Å². The van der Waals surface area contributed by atoms with E-state index >= 15 is 0 Å². The molecular formula is C56H36N2. The smallest absolute Gasteiger partial charge is 0.0541 e. The van der Waals surface area contributed by atoms with E-state index in [0.717, 1.165) is 0 Å². The molecule has 2 nitrogen and oxygen atoms in total. The highest BCUT2D eigenvalue weighted by atomic mass is 15.0. The Balaban J connectivity index is 1.05. The van der Waals surface area contributed by atoms with E-state index in [1.54, 1.807) is 0 Å². The van der Waals surface area contributed by atoms with Gasteiger partial charge in [-0.15, -0.1) is 0 Å². The number of para-hydroxylation sites is 2. The minimum atomic E-state index is 1.18. The molecule has 0 unspecified atom stereocenters. The van der Waals surface area contributed by atoms with Crippen LogP contribution in [0.25, 0.3) is 110 Å². The van der Waals surface area contributed by atoms with Gasteiger partial charge in [0.15, 0.2) is 0 Å². The molecule has 0 N–H and O–H groups in total. The first-order valence-electron chi connectivity index (χ1n) is 20.0. The summed E-state index contributed by atoms with van der Waals surface area (Å²) >= 11 is 0. The zero-order valence-corrected chi connectivity index (χ0v) is 31.7. The second kappa shape index (κ2) is 12.9. The standard InChI is InChI=1S/C56H36N2/c1-3-15-37(16-4-1)39-27-31-55-49(35-39)47-23-11-13-25-51(47)57(55)53-33-29-43(41-19-7-9-21-45(41)53)44-30-34-54(46-22-10-8-20-42(44)46)58-52-26-14-12-24-48(52)50-36-40(28-32-56(50)58)38-17-5-2-6-18-38/h1-36H. The first-order chi connectivity index (χ1) is 28.8. The van der Waals surface area contributed by atoms with E-state index in [0.29, 0.717) is 0 Å². The maximum atomic E-state index is 2.46. The Hall–Kier alpha value is -7.68. The van der Waals surface area contributed by atoms with Gasteiger partial charge in [0.2, 0.25) is 0 Å². The second-order valence-corrected chi connectivity index (χ2v) is 15.3. The van der Waals surface area contributed by atoms with Crippen molar-refractivity contribution in [3.05, 3.63) is 218 Å². The topological polar surface area (TPSA) is 9.86 Å². The van der Waals surface area contributed by atoms with Crippen molar-refractivity contribution in [1.29, 1.82) is 0 Å². The van der Waals surface area contributed by atoms with Crippen LogP contribution in [0, 0.1) is 0 Å². The Bertz CT molecular complexity index is 3310. The first-order valence-corrected chi connectivity index (χ1v) is 20.0. The van der Waals surface area contributed by atoms with Gasteiger partial charge in [-0.25, -0.2) is 0 Å². The van der Waals surface area contributed by atoms with Crippen LogP contribution in [0.15, 0.2) is 218 Å². The summed E-state index contributed by atoms with van der Waals surface area (Å²) in [5.74, 6) is 0. The lowest BCUT2D eigenvalue weighted by Gasteiger charge is -2.18. The minimum absolute atomic E-state index is 1.18. The maximum Gasteiger partial charge on any atom is 0.0541 e.